The maximum absolute atomic E-state index is 12.4. The number of piperidine rings is 1. The summed E-state index contributed by atoms with van der Waals surface area (Å²) in [6, 6.07) is 0. The molecule has 3 aliphatic rings. The molecule has 0 bridgehead atoms. The molecule has 2 aliphatic carbocycles. The van der Waals surface area contributed by atoms with E-state index in [1.54, 1.807) is 0 Å². The van der Waals surface area contributed by atoms with Gasteiger partial charge in [-0.25, -0.2) is 0 Å². The summed E-state index contributed by atoms with van der Waals surface area (Å²) in [5.74, 6) is 0.528. The largest absolute Gasteiger partial charge is 0.388 e. The van der Waals surface area contributed by atoms with Gasteiger partial charge in [-0.3, -0.25) is 14.5 Å². The van der Waals surface area contributed by atoms with Crippen LogP contribution in [0.15, 0.2) is 0 Å². The van der Waals surface area contributed by atoms with Crippen molar-refractivity contribution in [2.75, 3.05) is 6.54 Å². The minimum absolute atomic E-state index is 0.0473. The molecule has 1 N–H and O–H groups in total. The van der Waals surface area contributed by atoms with E-state index in [9.17, 15) is 14.7 Å². The number of nitrogens with zero attached hydrogens (tertiary/aromatic N) is 1. The third-order valence-corrected chi connectivity index (χ3v) is 5.98. The SMILES string of the molecule is CC1CCC(O)(CN2C(=O)CC3(CCCC3)CC2=O)CC1. The quantitative estimate of drug-likeness (QED) is 0.796. The zero-order valence-corrected chi connectivity index (χ0v) is 13.1. The highest BCUT2D eigenvalue weighted by Gasteiger charge is 2.47. The Bertz CT molecular complexity index is 411. The van der Waals surface area contributed by atoms with E-state index in [-0.39, 0.29) is 23.8 Å². The molecule has 0 aromatic carbocycles. The van der Waals surface area contributed by atoms with Crippen LogP contribution in [0.25, 0.3) is 0 Å². The van der Waals surface area contributed by atoms with Gasteiger partial charge in [0.15, 0.2) is 0 Å². The molecule has 1 saturated heterocycles. The number of amides is 2. The van der Waals surface area contributed by atoms with Gasteiger partial charge in [0, 0.05) is 12.8 Å². The van der Waals surface area contributed by atoms with Crippen molar-refractivity contribution in [3.05, 3.63) is 0 Å². The van der Waals surface area contributed by atoms with E-state index in [0.29, 0.717) is 31.6 Å². The predicted octanol–water partition coefficient (Wildman–Crippen LogP) is 2.64. The Labute approximate surface area is 126 Å². The number of carbonyl (C=O) groups excluding carboxylic acids is 2. The fraction of sp³-hybridized carbons (Fsp3) is 0.882. The fourth-order valence-corrected chi connectivity index (χ4v) is 4.44. The average molecular weight is 293 g/mol. The zero-order chi connectivity index (χ0) is 15.1. The Morgan fingerprint density at radius 3 is 2.10 bits per heavy atom. The average Bonchev–Trinajstić information content (AvgIpc) is 2.86. The van der Waals surface area contributed by atoms with Crippen LogP contribution in [0.4, 0.5) is 0 Å². The number of rotatable bonds is 2. The second-order valence-corrected chi connectivity index (χ2v) is 7.84. The molecule has 2 amide bonds. The van der Waals surface area contributed by atoms with Crippen LogP contribution < -0.4 is 0 Å². The minimum Gasteiger partial charge on any atom is -0.388 e. The van der Waals surface area contributed by atoms with E-state index in [2.05, 4.69) is 6.92 Å². The third kappa shape index (κ3) is 3.01. The van der Waals surface area contributed by atoms with Crippen LogP contribution in [0.5, 0.6) is 0 Å². The number of imide groups is 1. The lowest BCUT2D eigenvalue weighted by atomic mass is 9.75. The molecule has 0 unspecified atom stereocenters. The van der Waals surface area contributed by atoms with Crippen LogP contribution in [-0.4, -0.2) is 34.0 Å². The summed E-state index contributed by atoms with van der Waals surface area (Å²) in [4.78, 5) is 26.2. The van der Waals surface area contributed by atoms with Gasteiger partial charge in [-0.2, -0.15) is 0 Å². The summed E-state index contributed by atoms with van der Waals surface area (Å²) in [5.41, 5.74) is -0.896. The van der Waals surface area contributed by atoms with E-state index in [4.69, 9.17) is 0 Å². The van der Waals surface area contributed by atoms with Gasteiger partial charge in [0.25, 0.3) is 0 Å². The van der Waals surface area contributed by atoms with Crippen molar-refractivity contribution >= 4 is 11.8 Å². The molecule has 2 saturated carbocycles. The highest BCUT2D eigenvalue weighted by Crippen LogP contribution is 2.47. The zero-order valence-electron chi connectivity index (χ0n) is 13.1. The first-order valence-electron chi connectivity index (χ1n) is 8.47. The molecule has 1 aliphatic heterocycles. The number of hydrogen-bond acceptors (Lipinski definition) is 3. The van der Waals surface area contributed by atoms with Crippen LogP contribution in [0.1, 0.15) is 71.1 Å². The normalized spacial score (nSPS) is 36.5. The first kappa shape index (κ1) is 15.0. The van der Waals surface area contributed by atoms with Gasteiger partial charge >= 0.3 is 0 Å². The number of β-amino-alcohol motifs (C(OH)–C–C–N with tert-alkyl or cyclic N) is 1. The summed E-state index contributed by atoms with van der Waals surface area (Å²) >= 11 is 0. The van der Waals surface area contributed by atoms with Crippen molar-refractivity contribution in [2.45, 2.75) is 76.7 Å². The van der Waals surface area contributed by atoms with Crippen LogP contribution in [0.3, 0.4) is 0 Å². The Balaban J connectivity index is 1.66. The number of likely N-dealkylation sites (tertiary alicyclic amines) is 1. The second kappa shape index (κ2) is 5.38. The predicted molar refractivity (Wildman–Crippen MR) is 79.4 cm³/mol. The molecule has 4 heteroatoms. The molecule has 3 rings (SSSR count). The topological polar surface area (TPSA) is 57.6 Å². The smallest absolute Gasteiger partial charge is 0.229 e. The van der Waals surface area contributed by atoms with E-state index < -0.39 is 5.60 Å². The molecule has 3 fully saturated rings. The van der Waals surface area contributed by atoms with Crippen LogP contribution in [0.2, 0.25) is 0 Å². The van der Waals surface area contributed by atoms with Crippen LogP contribution >= 0.6 is 0 Å². The van der Waals surface area contributed by atoms with Crippen molar-refractivity contribution in [2.24, 2.45) is 11.3 Å². The molecular formula is C17H27NO3. The fourth-order valence-electron chi connectivity index (χ4n) is 4.44. The van der Waals surface area contributed by atoms with Crippen molar-refractivity contribution in [3.63, 3.8) is 0 Å². The molecule has 0 aromatic heterocycles. The lowest BCUT2D eigenvalue weighted by Gasteiger charge is -2.42. The Morgan fingerprint density at radius 1 is 1.05 bits per heavy atom. The maximum atomic E-state index is 12.4. The van der Waals surface area contributed by atoms with Gasteiger partial charge < -0.3 is 5.11 Å². The van der Waals surface area contributed by atoms with Gasteiger partial charge in [-0.1, -0.05) is 19.8 Å². The molecule has 0 radical (unpaired) electrons. The highest BCUT2D eigenvalue weighted by atomic mass is 16.3. The Hall–Kier alpha value is -0.900. The van der Waals surface area contributed by atoms with Gasteiger partial charge in [-0.05, 0) is 49.9 Å². The van der Waals surface area contributed by atoms with E-state index in [1.807, 2.05) is 0 Å². The van der Waals surface area contributed by atoms with E-state index in [0.717, 1.165) is 38.5 Å². The van der Waals surface area contributed by atoms with E-state index in [1.165, 1.54) is 4.90 Å². The molecule has 4 nitrogen and oxygen atoms in total. The van der Waals surface area contributed by atoms with Gasteiger partial charge in [0.1, 0.15) is 0 Å². The van der Waals surface area contributed by atoms with Crippen LogP contribution in [-0.2, 0) is 9.59 Å². The number of aliphatic hydroxyl groups is 1. The highest BCUT2D eigenvalue weighted by molar-refractivity contribution is 5.98. The van der Waals surface area contributed by atoms with E-state index >= 15 is 0 Å². The third-order valence-electron chi connectivity index (χ3n) is 5.98. The summed E-state index contributed by atoms with van der Waals surface area (Å²) in [6.45, 7) is 2.41. The summed E-state index contributed by atoms with van der Waals surface area (Å²) in [5, 5.41) is 10.7. The maximum Gasteiger partial charge on any atom is 0.229 e. The van der Waals surface area contributed by atoms with Crippen molar-refractivity contribution in [1.29, 1.82) is 0 Å². The Morgan fingerprint density at radius 2 is 1.57 bits per heavy atom. The van der Waals surface area contributed by atoms with Gasteiger partial charge in [0.05, 0.1) is 12.1 Å². The second-order valence-electron chi connectivity index (χ2n) is 7.84. The van der Waals surface area contributed by atoms with Crippen molar-refractivity contribution < 1.29 is 14.7 Å². The Kier molecular flexibility index (Phi) is 3.85. The monoisotopic (exact) mass is 293 g/mol. The minimum atomic E-state index is -0.849. The van der Waals surface area contributed by atoms with Crippen molar-refractivity contribution in [1.82, 2.24) is 4.90 Å². The first-order valence-corrected chi connectivity index (χ1v) is 8.47. The molecule has 0 aromatic rings. The molecule has 1 spiro atoms. The molecule has 118 valence electrons. The molecule has 0 atom stereocenters. The lowest BCUT2D eigenvalue weighted by molar-refractivity contribution is -0.159. The van der Waals surface area contributed by atoms with Crippen molar-refractivity contribution in [3.8, 4) is 0 Å². The lowest BCUT2D eigenvalue weighted by Crippen LogP contribution is -2.54. The molecule has 1 heterocycles. The molecular weight excluding hydrogens is 266 g/mol. The van der Waals surface area contributed by atoms with Crippen LogP contribution in [0, 0.1) is 11.3 Å². The summed E-state index contributed by atoms with van der Waals surface area (Å²) in [7, 11) is 0. The summed E-state index contributed by atoms with van der Waals surface area (Å²) < 4.78 is 0. The molecule has 21 heavy (non-hydrogen) atoms. The summed E-state index contributed by atoms with van der Waals surface area (Å²) in [6.07, 6.45) is 8.70. The number of carbonyl (C=O) groups is 2. The standard InChI is InChI=1S/C17H27NO3/c1-13-4-8-17(21,9-5-13)12-18-14(19)10-16(11-15(18)20)6-2-3-7-16/h13,21H,2-12H2,1H3. The van der Waals surface area contributed by atoms with Gasteiger partial charge in [0.2, 0.25) is 11.8 Å². The number of hydrogen-bond donors (Lipinski definition) is 1. The first-order chi connectivity index (χ1) is 9.91. The van der Waals surface area contributed by atoms with Gasteiger partial charge in [-0.15, -0.1) is 0 Å².